The maximum absolute atomic E-state index is 13.4. The van der Waals surface area contributed by atoms with Gasteiger partial charge in [0.15, 0.2) is 5.78 Å². The van der Waals surface area contributed by atoms with E-state index >= 15 is 0 Å². The number of carbonyl (C=O) groups is 2. The minimum Gasteiger partial charge on any atom is -0.462 e. The third-order valence-corrected chi connectivity index (χ3v) is 6.89. The lowest BCUT2D eigenvalue weighted by Crippen LogP contribution is -2.38. The van der Waals surface area contributed by atoms with Crippen molar-refractivity contribution in [3.63, 3.8) is 0 Å². The topological polar surface area (TPSA) is 55.7 Å². The molecule has 1 heterocycles. The predicted molar refractivity (Wildman–Crippen MR) is 119 cm³/mol. The highest BCUT2D eigenvalue weighted by Crippen LogP contribution is 2.44. The van der Waals surface area contributed by atoms with E-state index in [1.165, 1.54) is 12.0 Å². The number of allylic oxidation sites excluding steroid dienone is 2. The Bertz CT molecular complexity index is 872. The average Bonchev–Trinajstić information content (AvgIpc) is 2.73. The predicted octanol–water partition coefficient (Wildman–Crippen LogP) is 5.87. The van der Waals surface area contributed by atoms with Crippen molar-refractivity contribution >= 4 is 17.5 Å². The molecule has 2 atom stereocenters. The number of esters is 1. The molecular formula is C26H33NO3. The molecule has 160 valence electrons. The molecule has 1 fully saturated rings. The van der Waals surface area contributed by atoms with Crippen LogP contribution < -0.4 is 0 Å². The molecular weight excluding hydrogens is 374 g/mol. The standard InChI is InChI=1S/C26H33NO3/c1-16(2)18-12-14-19(15-13-18)24-23(26(29)30-20-8-5-4-6-9-20)17(3)27-21-10-7-11-22(28)25(21)24/h12-16,20,23-24H,4-11H2,1-3H3/t23?,24-/m0/s1. The number of benzene rings is 1. The summed E-state index contributed by atoms with van der Waals surface area (Å²) in [6.45, 7) is 6.26. The molecule has 0 amide bonds. The number of nitrogens with zero attached hydrogens (tertiary/aromatic N) is 1. The number of ether oxygens (including phenoxy) is 1. The molecule has 0 radical (unpaired) electrons. The molecule has 0 saturated heterocycles. The van der Waals surface area contributed by atoms with Gasteiger partial charge in [-0.3, -0.25) is 14.6 Å². The zero-order chi connectivity index (χ0) is 21.3. The van der Waals surface area contributed by atoms with Crippen LogP contribution in [0.1, 0.15) is 95.1 Å². The molecule has 4 nitrogen and oxygen atoms in total. The van der Waals surface area contributed by atoms with Gasteiger partial charge in [0, 0.05) is 29.3 Å². The first kappa shape index (κ1) is 21.0. The van der Waals surface area contributed by atoms with Gasteiger partial charge < -0.3 is 4.74 Å². The normalized spacial score (nSPS) is 25.2. The average molecular weight is 408 g/mol. The van der Waals surface area contributed by atoms with E-state index < -0.39 is 5.92 Å². The minimum absolute atomic E-state index is 0.000417. The Labute approximate surface area is 179 Å². The molecule has 0 N–H and O–H groups in total. The Morgan fingerprint density at radius 2 is 1.73 bits per heavy atom. The zero-order valence-electron chi connectivity index (χ0n) is 18.4. The highest BCUT2D eigenvalue weighted by molar-refractivity contribution is 6.08. The first-order valence-electron chi connectivity index (χ1n) is 11.6. The van der Waals surface area contributed by atoms with Crippen molar-refractivity contribution in [2.75, 3.05) is 0 Å². The number of hydrogen-bond acceptors (Lipinski definition) is 4. The van der Waals surface area contributed by atoms with E-state index in [9.17, 15) is 9.59 Å². The lowest BCUT2D eigenvalue weighted by Gasteiger charge is -2.35. The molecule has 0 aromatic heterocycles. The van der Waals surface area contributed by atoms with E-state index in [1.54, 1.807) is 0 Å². The number of ketones is 1. The van der Waals surface area contributed by atoms with Gasteiger partial charge in [0.25, 0.3) is 0 Å². The number of hydrogen-bond donors (Lipinski definition) is 0. The Kier molecular flexibility index (Phi) is 6.21. The van der Waals surface area contributed by atoms with Gasteiger partial charge in [-0.2, -0.15) is 0 Å². The van der Waals surface area contributed by atoms with Gasteiger partial charge in [-0.1, -0.05) is 44.5 Å². The Morgan fingerprint density at radius 3 is 2.40 bits per heavy atom. The summed E-state index contributed by atoms with van der Waals surface area (Å²) in [6, 6.07) is 8.42. The molecule has 3 aliphatic rings. The summed E-state index contributed by atoms with van der Waals surface area (Å²) in [6.07, 6.45) is 7.51. The first-order chi connectivity index (χ1) is 14.5. The first-order valence-corrected chi connectivity index (χ1v) is 11.6. The van der Waals surface area contributed by atoms with Crippen LogP contribution in [-0.4, -0.2) is 23.6 Å². The van der Waals surface area contributed by atoms with Crippen LogP contribution in [0.5, 0.6) is 0 Å². The monoisotopic (exact) mass is 407 g/mol. The SMILES string of the molecule is CC1=NC2=C(C(=O)CCC2)[C@@H](c2ccc(C(C)C)cc2)C1C(=O)OC1CCCCC1. The largest absolute Gasteiger partial charge is 0.462 e. The van der Waals surface area contributed by atoms with E-state index in [0.29, 0.717) is 12.3 Å². The highest BCUT2D eigenvalue weighted by atomic mass is 16.5. The van der Waals surface area contributed by atoms with Crippen molar-refractivity contribution < 1.29 is 14.3 Å². The fraction of sp³-hybridized carbons (Fsp3) is 0.577. The van der Waals surface area contributed by atoms with Gasteiger partial charge in [-0.05, 0) is 62.5 Å². The van der Waals surface area contributed by atoms with Gasteiger partial charge in [-0.15, -0.1) is 0 Å². The Morgan fingerprint density at radius 1 is 1.03 bits per heavy atom. The summed E-state index contributed by atoms with van der Waals surface area (Å²) in [5.74, 6) is -0.445. The van der Waals surface area contributed by atoms with Crippen LogP contribution in [0.3, 0.4) is 0 Å². The third-order valence-electron chi connectivity index (χ3n) is 6.89. The maximum atomic E-state index is 13.4. The number of rotatable bonds is 4. The second kappa shape index (κ2) is 8.87. The van der Waals surface area contributed by atoms with E-state index in [-0.39, 0.29) is 23.8 Å². The lowest BCUT2D eigenvalue weighted by molar-refractivity contribution is -0.153. The van der Waals surface area contributed by atoms with Crippen molar-refractivity contribution in [3.8, 4) is 0 Å². The summed E-state index contributed by atoms with van der Waals surface area (Å²) in [7, 11) is 0. The fourth-order valence-corrected chi connectivity index (χ4v) is 5.18. The maximum Gasteiger partial charge on any atom is 0.315 e. The highest BCUT2D eigenvalue weighted by Gasteiger charge is 2.43. The fourth-order valence-electron chi connectivity index (χ4n) is 5.18. The summed E-state index contributed by atoms with van der Waals surface area (Å²) in [5, 5.41) is 0. The summed E-state index contributed by atoms with van der Waals surface area (Å²) in [4.78, 5) is 31.1. The summed E-state index contributed by atoms with van der Waals surface area (Å²) in [5.41, 5.74) is 4.67. The van der Waals surface area contributed by atoms with Crippen LogP contribution in [0.25, 0.3) is 0 Å². The zero-order valence-corrected chi connectivity index (χ0v) is 18.4. The molecule has 30 heavy (non-hydrogen) atoms. The molecule has 0 bridgehead atoms. The lowest BCUT2D eigenvalue weighted by atomic mass is 9.71. The molecule has 4 rings (SSSR count). The van der Waals surface area contributed by atoms with Gasteiger partial charge in [0.1, 0.15) is 12.0 Å². The van der Waals surface area contributed by atoms with Gasteiger partial charge in [0.05, 0.1) is 0 Å². The van der Waals surface area contributed by atoms with E-state index in [4.69, 9.17) is 9.73 Å². The second-order valence-corrected chi connectivity index (χ2v) is 9.36. The molecule has 1 saturated carbocycles. The van der Waals surface area contributed by atoms with Crippen LogP contribution in [0.15, 0.2) is 40.5 Å². The molecule has 1 unspecified atom stereocenters. The number of carbonyl (C=O) groups excluding carboxylic acids is 2. The minimum atomic E-state index is -0.516. The van der Waals surface area contributed by atoms with Crippen LogP contribution in [0.2, 0.25) is 0 Å². The molecule has 0 spiro atoms. The van der Waals surface area contributed by atoms with Crippen molar-refractivity contribution in [3.05, 3.63) is 46.7 Å². The quantitative estimate of drug-likeness (QED) is 0.587. The molecule has 2 aliphatic carbocycles. The van der Waals surface area contributed by atoms with E-state index in [1.807, 2.05) is 6.92 Å². The third kappa shape index (κ3) is 4.14. The van der Waals surface area contributed by atoms with Crippen molar-refractivity contribution in [2.24, 2.45) is 10.9 Å². The summed E-state index contributed by atoms with van der Waals surface area (Å²) >= 11 is 0. The second-order valence-electron chi connectivity index (χ2n) is 9.36. The number of Topliss-reactive ketones (excluding diaryl/α,β-unsaturated/α-hetero) is 1. The van der Waals surface area contributed by atoms with Crippen LogP contribution in [0.4, 0.5) is 0 Å². The van der Waals surface area contributed by atoms with Gasteiger partial charge in [0.2, 0.25) is 0 Å². The van der Waals surface area contributed by atoms with Crippen LogP contribution in [0, 0.1) is 5.92 Å². The number of aliphatic imine (C=N–C) groups is 1. The van der Waals surface area contributed by atoms with Crippen LogP contribution >= 0.6 is 0 Å². The van der Waals surface area contributed by atoms with Crippen molar-refractivity contribution in [1.29, 1.82) is 0 Å². The molecule has 4 heteroatoms. The summed E-state index contributed by atoms with van der Waals surface area (Å²) < 4.78 is 5.98. The van der Waals surface area contributed by atoms with E-state index in [0.717, 1.165) is 61.1 Å². The molecule has 1 aromatic rings. The van der Waals surface area contributed by atoms with Gasteiger partial charge in [-0.25, -0.2) is 0 Å². The Hall–Kier alpha value is -2.23. The van der Waals surface area contributed by atoms with Gasteiger partial charge >= 0.3 is 5.97 Å². The molecule has 1 aromatic carbocycles. The van der Waals surface area contributed by atoms with E-state index in [2.05, 4.69) is 38.1 Å². The Balaban J connectivity index is 1.71. The van der Waals surface area contributed by atoms with Crippen molar-refractivity contribution in [2.45, 2.75) is 90.1 Å². The molecule has 1 aliphatic heterocycles. The smallest absolute Gasteiger partial charge is 0.315 e. The van der Waals surface area contributed by atoms with Crippen molar-refractivity contribution in [1.82, 2.24) is 0 Å². The van der Waals surface area contributed by atoms with Crippen LogP contribution in [-0.2, 0) is 14.3 Å².